The van der Waals surface area contributed by atoms with Crippen molar-refractivity contribution in [2.75, 3.05) is 0 Å². The molecule has 0 fully saturated rings. The number of ether oxygens (including phenoxy) is 1. The maximum atomic E-state index is 12.0. The summed E-state index contributed by atoms with van der Waals surface area (Å²) < 4.78 is 6.75. The molecule has 1 heterocycles. The summed E-state index contributed by atoms with van der Waals surface area (Å²) in [6.07, 6.45) is -0.440. The summed E-state index contributed by atoms with van der Waals surface area (Å²) in [6, 6.07) is 14.9. The number of amides is 1. The van der Waals surface area contributed by atoms with Crippen LogP contribution in [0.1, 0.15) is 22.1 Å². The Morgan fingerprint density at radius 1 is 1.11 bits per heavy atom. The van der Waals surface area contributed by atoms with E-state index in [9.17, 15) is 4.79 Å². The second kappa shape index (κ2) is 4.46. The van der Waals surface area contributed by atoms with Gasteiger partial charge >= 0.3 is 0 Å². The minimum absolute atomic E-state index is 0.109. The van der Waals surface area contributed by atoms with Crippen LogP contribution in [-0.2, 0) is 0 Å². The molecule has 18 heavy (non-hydrogen) atoms. The number of benzene rings is 2. The summed E-state index contributed by atoms with van der Waals surface area (Å²) in [6.45, 7) is 0. The van der Waals surface area contributed by atoms with Gasteiger partial charge in [-0.25, -0.2) is 0 Å². The third-order valence-electron chi connectivity index (χ3n) is 2.79. The Balaban J connectivity index is 1.97. The normalized spacial score (nSPS) is 17.6. The predicted molar refractivity (Wildman–Crippen MR) is 71.4 cm³/mol. The van der Waals surface area contributed by atoms with E-state index in [4.69, 9.17) is 4.74 Å². The van der Waals surface area contributed by atoms with Gasteiger partial charge in [-0.05, 0) is 24.3 Å². The molecule has 0 saturated heterocycles. The van der Waals surface area contributed by atoms with Crippen LogP contribution in [0.4, 0.5) is 0 Å². The summed E-state index contributed by atoms with van der Waals surface area (Å²) in [4.78, 5) is 12.0. The van der Waals surface area contributed by atoms with E-state index >= 15 is 0 Å². The number of nitrogens with one attached hydrogen (secondary N) is 1. The van der Waals surface area contributed by atoms with Crippen LogP contribution >= 0.6 is 15.9 Å². The molecule has 0 bridgehead atoms. The van der Waals surface area contributed by atoms with Crippen LogP contribution in [0, 0.1) is 0 Å². The SMILES string of the molecule is O=C1N[C@@H](c2cccc(Br)c2)Oc2ccccc21. The average Bonchev–Trinajstić information content (AvgIpc) is 2.39. The molecule has 0 aromatic heterocycles. The molecule has 0 unspecified atom stereocenters. The second-order valence-electron chi connectivity index (χ2n) is 4.02. The molecule has 3 nitrogen and oxygen atoms in total. The molecular formula is C14H10BrNO2. The Hall–Kier alpha value is -1.81. The lowest BCUT2D eigenvalue weighted by molar-refractivity contribution is 0.0756. The molecule has 1 atom stereocenters. The summed E-state index contributed by atoms with van der Waals surface area (Å²) in [5, 5.41) is 2.83. The first-order chi connectivity index (χ1) is 8.74. The molecular weight excluding hydrogens is 294 g/mol. The van der Waals surface area contributed by atoms with Crippen molar-refractivity contribution in [3.8, 4) is 5.75 Å². The van der Waals surface area contributed by atoms with Crippen LogP contribution in [0.5, 0.6) is 5.75 Å². The van der Waals surface area contributed by atoms with Crippen molar-refractivity contribution in [3.63, 3.8) is 0 Å². The fourth-order valence-corrected chi connectivity index (χ4v) is 2.35. The van der Waals surface area contributed by atoms with E-state index in [0.717, 1.165) is 10.0 Å². The van der Waals surface area contributed by atoms with Gasteiger partial charge in [0.25, 0.3) is 5.91 Å². The zero-order valence-electron chi connectivity index (χ0n) is 9.39. The standard InChI is InChI=1S/C14H10BrNO2/c15-10-5-3-4-9(8-10)14-16-13(17)11-6-1-2-7-12(11)18-14/h1-8,14H,(H,16,17)/t14-/m1/s1. The lowest BCUT2D eigenvalue weighted by Gasteiger charge is -2.27. The number of rotatable bonds is 1. The van der Waals surface area contributed by atoms with Gasteiger partial charge in [0.15, 0.2) is 6.23 Å². The van der Waals surface area contributed by atoms with E-state index in [2.05, 4.69) is 21.2 Å². The van der Waals surface area contributed by atoms with Gasteiger partial charge in [0, 0.05) is 10.0 Å². The van der Waals surface area contributed by atoms with Crippen molar-refractivity contribution in [1.82, 2.24) is 5.32 Å². The number of hydrogen-bond acceptors (Lipinski definition) is 2. The predicted octanol–water partition coefficient (Wildman–Crippen LogP) is 3.27. The zero-order valence-corrected chi connectivity index (χ0v) is 11.0. The van der Waals surface area contributed by atoms with Gasteiger partial charge in [-0.1, -0.05) is 40.2 Å². The molecule has 2 aromatic rings. The number of fused-ring (bicyclic) bond motifs is 1. The highest BCUT2D eigenvalue weighted by atomic mass is 79.9. The van der Waals surface area contributed by atoms with Crippen molar-refractivity contribution in [3.05, 3.63) is 64.1 Å². The summed E-state index contributed by atoms with van der Waals surface area (Å²) in [5.41, 5.74) is 1.48. The fraction of sp³-hybridized carbons (Fsp3) is 0.0714. The van der Waals surface area contributed by atoms with Crippen LogP contribution in [0.25, 0.3) is 0 Å². The lowest BCUT2D eigenvalue weighted by Crippen LogP contribution is -2.36. The first-order valence-corrected chi connectivity index (χ1v) is 6.35. The average molecular weight is 304 g/mol. The van der Waals surface area contributed by atoms with E-state index in [1.165, 1.54) is 0 Å². The lowest BCUT2D eigenvalue weighted by atomic mass is 10.1. The number of para-hydroxylation sites is 1. The van der Waals surface area contributed by atoms with Crippen molar-refractivity contribution in [1.29, 1.82) is 0 Å². The minimum Gasteiger partial charge on any atom is -0.466 e. The number of carbonyl (C=O) groups is 1. The Morgan fingerprint density at radius 2 is 1.94 bits per heavy atom. The second-order valence-corrected chi connectivity index (χ2v) is 4.94. The highest BCUT2D eigenvalue weighted by molar-refractivity contribution is 9.10. The molecule has 0 spiro atoms. The molecule has 0 saturated carbocycles. The first kappa shape index (κ1) is 11.3. The van der Waals surface area contributed by atoms with Crippen LogP contribution in [0.15, 0.2) is 53.0 Å². The van der Waals surface area contributed by atoms with Gasteiger partial charge in [0.2, 0.25) is 0 Å². The van der Waals surface area contributed by atoms with Crippen molar-refractivity contribution in [2.45, 2.75) is 6.23 Å². The van der Waals surface area contributed by atoms with Gasteiger partial charge in [0.1, 0.15) is 5.75 Å². The highest BCUT2D eigenvalue weighted by Gasteiger charge is 2.25. The Morgan fingerprint density at radius 3 is 2.78 bits per heavy atom. The molecule has 4 heteroatoms. The van der Waals surface area contributed by atoms with Gasteiger partial charge in [-0.2, -0.15) is 0 Å². The largest absolute Gasteiger partial charge is 0.466 e. The van der Waals surface area contributed by atoms with Crippen molar-refractivity contribution >= 4 is 21.8 Å². The number of halogens is 1. The number of hydrogen-bond donors (Lipinski definition) is 1. The summed E-state index contributed by atoms with van der Waals surface area (Å²) in [7, 11) is 0. The van der Waals surface area contributed by atoms with E-state index < -0.39 is 6.23 Å². The minimum atomic E-state index is -0.440. The smallest absolute Gasteiger partial charge is 0.258 e. The van der Waals surface area contributed by atoms with E-state index in [0.29, 0.717) is 11.3 Å². The van der Waals surface area contributed by atoms with E-state index in [1.54, 1.807) is 12.1 Å². The molecule has 90 valence electrons. The van der Waals surface area contributed by atoms with E-state index in [1.807, 2.05) is 36.4 Å². The van der Waals surface area contributed by atoms with Gasteiger partial charge in [-0.15, -0.1) is 0 Å². The molecule has 1 amide bonds. The Labute approximate surface area is 113 Å². The van der Waals surface area contributed by atoms with Crippen LogP contribution in [0.2, 0.25) is 0 Å². The monoisotopic (exact) mass is 303 g/mol. The molecule has 2 aromatic carbocycles. The van der Waals surface area contributed by atoms with Crippen molar-refractivity contribution < 1.29 is 9.53 Å². The zero-order chi connectivity index (χ0) is 12.5. The van der Waals surface area contributed by atoms with E-state index in [-0.39, 0.29) is 5.91 Å². The highest BCUT2D eigenvalue weighted by Crippen LogP contribution is 2.29. The van der Waals surface area contributed by atoms with Crippen LogP contribution in [0.3, 0.4) is 0 Å². The molecule has 1 aliphatic heterocycles. The van der Waals surface area contributed by atoms with Gasteiger partial charge < -0.3 is 10.1 Å². The summed E-state index contributed by atoms with van der Waals surface area (Å²) in [5.74, 6) is 0.507. The molecule has 0 radical (unpaired) electrons. The third kappa shape index (κ3) is 1.99. The maximum Gasteiger partial charge on any atom is 0.258 e. The Bertz CT molecular complexity index is 612. The molecule has 1 N–H and O–H groups in total. The summed E-state index contributed by atoms with van der Waals surface area (Å²) >= 11 is 3.41. The molecule has 0 aliphatic carbocycles. The maximum absolute atomic E-state index is 12.0. The van der Waals surface area contributed by atoms with Gasteiger partial charge in [0.05, 0.1) is 5.56 Å². The Kier molecular flexibility index (Phi) is 2.80. The quantitative estimate of drug-likeness (QED) is 0.878. The topological polar surface area (TPSA) is 38.3 Å². The number of carbonyl (C=O) groups excluding carboxylic acids is 1. The van der Waals surface area contributed by atoms with Crippen LogP contribution < -0.4 is 10.1 Å². The van der Waals surface area contributed by atoms with Crippen molar-refractivity contribution in [2.24, 2.45) is 0 Å². The third-order valence-corrected chi connectivity index (χ3v) is 3.28. The first-order valence-electron chi connectivity index (χ1n) is 5.56. The van der Waals surface area contributed by atoms with Crippen LogP contribution in [-0.4, -0.2) is 5.91 Å². The van der Waals surface area contributed by atoms with Gasteiger partial charge in [-0.3, -0.25) is 4.79 Å². The molecule has 3 rings (SSSR count). The fourth-order valence-electron chi connectivity index (χ4n) is 1.93. The molecule has 1 aliphatic rings.